The minimum absolute atomic E-state index is 0.302. The highest BCUT2D eigenvalue weighted by Gasteiger charge is 2.24. The number of aliphatic hydroxyl groups is 1. The lowest BCUT2D eigenvalue weighted by Crippen LogP contribution is -2.35. The molecular weight excluding hydrogens is 248 g/mol. The number of likely N-dealkylation sites (tertiary alicyclic amines) is 1. The Kier molecular flexibility index (Phi) is 6.02. The van der Waals surface area contributed by atoms with Gasteiger partial charge >= 0.3 is 0 Å². The monoisotopic (exact) mass is 276 g/mol. The zero-order chi connectivity index (χ0) is 14.4. The zero-order valence-electron chi connectivity index (χ0n) is 12.8. The molecule has 0 saturated carbocycles. The van der Waals surface area contributed by atoms with E-state index in [9.17, 15) is 5.11 Å². The van der Waals surface area contributed by atoms with E-state index in [1.807, 2.05) is 0 Å². The molecule has 0 spiro atoms. The van der Waals surface area contributed by atoms with E-state index < -0.39 is 0 Å². The third-order valence-corrected chi connectivity index (χ3v) is 4.43. The van der Waals surface area contributed by atoms with Crippen LogP contribution in [-0.2, 0) is 0 Å². The number of hydrogen-bond acceptors (Lipinski definition) is 3. The number of benzene rings is 1. The summed E-state index contributed by atoms with van der Waals surface area (Å²) in [4.78, 5) is 2.45. The maximum Gasteiger partial charge on any atom is 0.0586 e. The molecule has 2 atom stereocenters. The molecule has 1 aliphatic rings. The van der Waals surface area contributed by atoms with Crippen molar-refractivity contribution < 1.29 is 5.11 Å². The first kappa shape index (κ1) is 15.5. The van der Waals surface area contributed by atoms with Gasteiger partial charge in [-0.2, -0.15) is 0 Å². The number of nitrogens with one attached hydrogen (secondary N) is 1. The summed E-state index contributed by atoms with van der Waals surface area (Å²) in [6, 6.07) is 9.45. The van der Waals surface area contributed by atoms with Crippen LogP contribution < -0.4 is 5.32 Å². The Bertz CT molecular complexity index is 408. The van der Waals surface area contributed by atoms with Crippen LogP contribution in [0.2, 0.25) is 0 Å². The summed E-state index contributed by atoms with van der Waals surface area (Å²) in [5.74, 6) is 0. The molecule has 0 bridgehead atoms. The molecule has 1 heterocycles. The number of hydrogen-bond donors (Lipinski definition) is 2. The Balaban J connectivity index is 1.97. The van der Waals surface area contributed by atoms with Crippen LogP contribution in [-0.4, -0.2) is 42.3 Å². The fourth-order valence-corrected chi connectivity index (χ4v) is 3.28. The second-order valence-electron chi connectivity index (χ2n) is 5.77. The van der Waals surface area contributed by atoms with Gasteiger partial charge < -0.3 is 10.4 Å². The molecule has 3 nitrogen and oxygen atoms in total. The fraction of sp³-hybridized carbons (Fsp3) is 0.647. The highest BCUT2D eigenvalue weighted by Crippen LogP contribution is 2.23. The Morgan fingerprint density at radius 1 is 1.40 bits per heavy atom. The van der Waals surface area contributed by atoms with Gasteiger partial charge in [0, 0.05) is 18.6 Å². The quantitative estimate of drug-likeness (QED) is 0.803. The maximum absolute atomic E-state index is 9.41. The van der Waals surface area contributed by atoms with E-state index in [1.165, 1.54) is 17.5 Å². The van der Waals surface area contributed by atoms with Crippen LogP contribution in [0.25, 0.3) is 0 Å². The summed E-state index contributed by atoms with van der Waals surface area (Å²) in [5.41, 5.74) is 2.77. The molecule has 2 N–H and O–H groups in total. The van der Waals surface area contributed by atoms with E-state index in [4.69, 9.17) is 0 Å². The molecule has 0 aliphatic carbocycles. The van der Waals surface area contributed by atoms with Gasteiger partial charge in [-0.05, 0) is 50.4 Å². The van der Waals surface area contributed by atoms with Gasteiger partial charge in [0.25, 0.3) is 0 Å². The Morgan fingerprint density at radius 2 is 2.20 bits per heavy atom. The van der Waals surface area contributed by atoms with Crippen molar-refractivity contribution in [2.24, 2.45) is 0 Å². The SMILES string of the molecule is CCNC(CCN1CCCC1CO)c1ccccc1C. The van der Waals surface area contributed by atoms with E-state index in [2.05, 4.69) is 48.3 Å². The summed E-state index contributed by atoms with van der Waals surface area (Å²) in [6.45, 7) is 7.84. The summed E-state index contributed by atoms with van der Waals surface area (Å²) < 4.78 is 0. The average Bonchev–Trinajstić information content (AvgIpc) is 2.92. The van der Waals surface area contributed by atoms with Gasteiger partial charge in [-0.15, -0.1) is 0 Å². The van der Waals surface area contributed by atoms with Crippen LogP contribution in [0.4, 0.5) is 0 Å². The minimum Gasteiger partial charge on any atom is -0.395 e. The lowest BCUT2D eigenvalue weighted by molar-refractivity contribution is 0.154. The van der Waals surface area contributed by atoms with Gasteiger partial charge in [0.15, 0.2) is 0 Å². The first-order chi connectivity index (χ1) is 9.76. The average molecular weight is 276 g/mol. The van der Waals surface area contributed by atoms with Gasteiger partial charge in [-0.3, -0.25) is 4.90 Å². The molecule has 1 aliphatic heterocycles. The molecule has 2 rings (SSSR count). The van der Waals surface area contributed by atoms with Crippen LogP contribution in [0.15, 0.2) is 24.3 Å². The normalized spacial score (nSPS) is 21.2. The van der Waals surface area contributed by atoms with E-state index in [1.54, 1.807) is 0 Å². The van der Waals surface area contributed by atoms with E-state index in [0.29, 0.717) is 18.7 Å². The fourth-order valence-electron chi connectivity index (χ4n) is 3.28. The standard InChI is InChI=1S/C17H28N2O/c1-3-18-17(16-9-5-4-7-14(16)2)10-12-19-11-6-8-15(19)13-20/h4-5,7,9,15,17-18,20H,3,6,8,10-13H2,1-2H3. The predicted molar refractivity (Wildman–Crippen MR) is 83.9 cm³/mol. The van der Waals surface area contributed by atoms with Gasteiger partial charge in [0.05, 0.1) is 6.61 Å². The first-order valence-corrected chi connectivity index (χ1v) is 7.90. The molecule has 0 aromatic heterocycles. The highest BCUT2D eigenvalue weighted by molar-refractivity contribution is 5.28. The number of aryl methyl sites for hydroxylation is 1. The van der Waals surface area contributed by atoms with Crippen molar-refractivity contribution in [3.8, 4) is 0 Å². The lowest BCUT2D eigenvalue weighted by Gasteiger charge is -2.26. The number of aliphatic hydroxyl groups excluding tert-OH is 1. The molecule has 0 amide bonds. The van der Waals surface area contributed by atoms with Crippen molar-refractivity contribution in [1.82, 2.24) is 10.2 Å². The molecule has 1 fully saturated rings. The van der Waals surface area contributed by atoms with Gasteiger partial charge in [-0.1, -0.05) is 31.2 Å². The Labute approximate surface area is 123 Å². The summed E-state index contributed by atoms with van der Waals surface area (Å²) in [7, 11) is 0. The Morgan fingerprint density at radius 3 is 2.90 bits per heavy atom. The van der Waals surface area contributed by atoms with Crippen molar-refractivity contribution in [2.45, 2.75) is 45.2 Å². The molecule has 1 aromatic carbocycles. The number of nitrogens with zero attached hydrogens (tertiary/aromatic N) is 1. The van der Waals surface area contributed by atoms with E-state index in [0.717, 1.165) is 32.5 Å². The largest absolute Gasteiger partial charge is 0.395 e. The van der Waals surface area contributed by atoms with Gasteiger partial charge in [0.1, 0.15) is 0 Å². The van der Waals surface area contributed by atoms with E-state index >= 15 is 0 Å². The topological polar surface area (TPSA) is 35.5 Å². The van der Waals surface area contributed by atoms with Crippen LogP contribution >= 0.6 is 0 Å². The number of rotatable bonds is 7. The molecule has 112 valence electrons. The van der Waals surface area contributed by atoms with Crippen molar-refractivity contribution in [1.29, 1.82) is 0 Å². The van der Waals surface area contributed by atoms with Crippen molar-refractivity contribution >= 4 is 0 Å². The summed E-state index contributed by atoms with van der Waals surface area (Å²) in [6.07, 6.45) is 3.48. The Hall–Kier alpha value is -0.900. The molecule has 2 unspecified atom stereocenters. The van der Waals surface area contributed by atoms with Crippen molar-refractivity contribution in [3.05, 3.63) is 35.4 Å². The lowest BCUT2D eigenvalue weighted by atomic mass is 9.98. The second-order valence-corrected chi connectivity index (χ2v) is 5.77. The first-order valence-electron chi connectivity index (χ1n) is 7.90. The van der Waals surface area contributed by atoms with Gasteiger partial charge in [0.2, 0.25) is 0 Å². The van der Waals surface area contributed by atoms with Crippen molar-refractivity contribution in [3.63, 3.8) is 0 Å². The molecular formula is C17H28N2O. The molecule has 0 radical (unpaired) electrons. The smallest absolute Gasteiger partial charge is 0.0586 e. The predicted octanol–water partition coefficient (Wildman–Crippen LogP) is 2.49. The van der Waals surface area contributed by atoms with Crippen LogP contribution in [0.1, 0.15) is 43.4 Å². The second kappa shape index (κ2) is 7.77. The van der Waals surface area contributed by atoms with E-state index in [-0.39, 0.29) is 0 Å². The van der Waals surface area contributed by atoms with Crippen molar-refractivity contribution in [2.75, 3.05) is 26.2 Å². The third kappa shape index (κ3) is 3.81. The molecule has 1 aromatic rings. The molecule has 1 saturated heterocycles. The molecule has 20 heavy (non-hydrogen) atoms. The third-order valence-electron chi connectivity index (χ3n) is 4.43. The van der Waals surface area contributed by atoms with Crippen LogP contribution in [0.5, 0.6) is 0 Å². The van der Waals surface area contributed by atoms with Crippen LogP contribution in [0, 0.1) is 6.92 Å². The summed E-state index contributed by atoms with van der Waals surface area (Å²) in [5, 5.41) is 13.0. The van der Waals surface area contributed by atoms with Gasteiger partial charge in [-0.25, -0.2) is 0 Å². The minimum atomic E-state index is 0.302. The highest BCUT2D eigenvalue weighted by atomic mass is 16.3. The zero-order valence-corrected chi connectivity index (χ0v) is 12.8. The maximum atomic E-state index is 9.41. The summed E-state index contributed by atoms with van der Waals surface area (Å²) >= 11 is 0. The van der Waals surface area contributed by atoms with Crippen LogP contribution in [0.3, 0.4) is 0 Å². The molecule has 3 heteroatoms.